The van der Waals surface area contributed by atoms with Crippen molar-refractivity contribution in [3.8, 4) is 0 Å². The average molecular weight is 697 g/mol. The number of ether oxygens (including phenoxy) is 5. The molecule has 0 saturated carbocycles. The molecule has 0 radical (unpaired) electrons. The standard InChI is InChI=1S/C40H40O7S2/c41-49(42,35-24-14-5-15-25-35)48-40-39(46-29-34-22-12-4-13-23-34)38(45-28-33-20-10-3-11-21-33)37(44-27-32-18-8-2-9-19-32)36(47-40)30-43-26-31-16-6-1-7-17-31/h1-25,36-40H,26-30H2/t36-,37-,38+,39-,40+/m1/s1. The zero-order valence-corrected chi connectivity index (χ0v) is 28.7. The summed E-state index contributed by atoms with van der Waals surface area (Å²) < 4.78 is 60.6. The van der Waals surface area contributed by atoms with Gasteiger partial charge in [0, 0.05) is 10.8 Å². The van der Waals surface area contributed by atoms with Crippen molar-refractivity contribution in [2.75, 3.05) is 6.61 Å². The van der Waals surface area contributed by atoms with E-state index in [-0.39, 0.29) is 24.7 Å². The quantitative estimate of drug-likeness (QED) is 0.0968. The molecule has 0 spiro atoms. The fourth-order valence-electron chi connectivity index (χ4n) is 5.59. The van der Waals surface area contributed by atoms with Crippen LogP contribution in [0.3, 0.4) is 0 Å². The lowest BCUT2D eigenvalue weighted by Crippen LogP contribution is -2.60. The highest BCUT2D eigenvalue weighted by atomic mass is 33.1. The highest BCUT2D eigenvalue weighted by Gasteiger charge is 2.50. The van der Waals surface area contributed by atoms with Crippen LogP contribution in [0.2, 0.25) is 0 Å². The number of hydrogen-bond donors (Lipinski definition) is 0. The molecule has 6 rings (SSSR count). The topological polar surface area (TPSA) is 80.3 Å². The average Bonchev–Trinajstić information content (AvgIpc) is 3.15. The van der Waals surface area contributed by atoms with Crippen LogP contribution < -0.4 is 0 Å². The van der Waals surface area contributed by atoms with Crippen LogP contribution in [0.4, 0.5) is 0 Å². The minimum absolute atomic E-state index is 0.146. The van der Waals surface area contributed by atoms with Gasteiger partial charge in [-0.3, -0.25) is 0 Å². The van der Waals surface area contributed by atoms with Crippen LogP contribution in [-0.4, -0.2) is 44.9 Å². The monoisotopic (exact) mass is 696 g/mol. The maximum Gasteiger partial charge on any atom is 0.232 e. The molecule has 5 aromatic rings. The van der Waals surface area contributed by atoms with Gasteiger partial charge in [-0.25, -0.2) is 8.42 Å². The molecule has 1 aliphatic rings. The Bertz CT molecular complexity index is 1780. The molecule has 0 bridgehead atoms. The molecule has 5 aromatic carbocycles. The molecule has 1 fully saturated rings. The summed E-state index contributed by atoms with van der Waals surface area (Å²) >= 11 is 0. The second kappa shape index (κ2) is 17.7. The van der Waals surface area contributed by atoms with Crippen molar-refractivity contribution in [1.29, 1.82) is 0 Å². The fraction of sp³-hybridized carbons (Fsp3) is 0.250. The van der Waals surface area contributed by atoms with Crippen LogP contribution in [0.15, 0.2) is 157 Å². The van der Waals surface area contributed by atoms with E-state index in [1.807, 2.05) is 121 Å². The second-order valence-electron chi connectivity index (χ2n) is 11.7. The molecule has 1 heterocycles. The predicted octanol–water partition coefficient (Wildman–Crippen LogP) is 7.81. The first kappa shape index (κ1) is 35.0. The Hall–Kier alpha value is -3.80. The van der Waals surface area contributed by atoms with Crippen LogP contribution in [0.25, 0.3) is 0 Å². The molecule has 1 saturated heterocycles. The summed E-state index contributed by atoms with van der Waals surface area (Å²) in [6.45, 7) is 1.29. The van der Waals surface area contributed by atoms with Gasteiger partial charge in [0.2, 0.25) is 8.87 Å². The first-order valence-corrected chi connectivity index (χ1v) is 19.2. The SMILES string of the molecule is O=S(=O)(S[C@@H]1O[C@H](COCc2ccccc2)[C@@H](OCc2ccccc2)[C@H](OCc2ccccc2)[C@H]1OCc1ccccc1)c1ccccc1. The van der Waals surface area contributed by atoms with Gasteiger partial charge in [0.05, 0.1) is 37.9 Å². The lowest BCUT2D eigenvalue weighted by molar-refractivity contribution is -0.254. The van der Waals surface area contributed by atoms with Gasteiger partial charge < -0.3 is 23.7 Å². The zero-order chi connectivity index (χ0) is 33.7. The largest absolute Gasteiger partial charge is 0.374 e. The normalized spacial score (nSPS) is 20.9. The van der Waals surface area contributed by atoms with E-state index in [1.165, 1.54) is 0 Å². The molecule has 0 aromatic heterocycles. The Morgan fingerprint density at radius 3 is 1.35 bits per heavy atom. The van der Waals surface area contributed by atoms with Gasteiger partial charge in [0.15, 0.2) is 0 Å². The van der Waals surface area contributed by atoms with Gasteiger partial charge >= 0.3 is 0 Å². The molecule has 0 unspecified atom stereocenters. The Labute approximate surface area is 292 Å². The molecule has 0 aliphatic carbocycles. The van der Waals surface area contributed by atoms with Crippen LogP contribution >= 0.6 is 10.8 Å². The summed E-state index contributed by atoms with van der Waals surface area (Å²) in [5, 5.41) is 0. The molecule has 5 atom stereocenters. The van der Waals surface area contributed by atoms with Crippen LogP contribution in [0.1, 0.15) is 22.3 Å². The summed E-state index contributed by atoms with van der Waals surface area (Å²) in [5.41, 5.74) is 2.94. The van der Waals surface area contributed by atoms with Crippen molar-refractivity contribution >= 4 is 19.7 Å². The molecule has 49 heavy (non-hydrogen) atoms. The Morgan fingerprint density at radius 1 is 0.490 bits per heavy atom. The van der Waals surface area contributed by atoms with Crippen LogP contribution in [0, 0.1) is 0 Å². The Morgan fingerprint density at radius 2 is 0.878 bits per heavy atom. The van der Waals surface area contributed by atoms with Crippen molar-refractivity contribution in [1.82, 2.24) is 0 Å². The van der Waals surface area contributed by atoms with E-state index in [1.54, 1.807) is 30.3 Å². The van der Waals surface area contributed by atoms with Gasteiger partial charge in [-0.1, -0.05) is 140 Å². The van der Waals surface area contributed by atoms with Gasteiger partial charge in [0.1, 0.15) is 29.9 Å². The van der Waals surface area contributed by atoms with E-state index < -0.39 is 38.7 Å². The Kier molecular flexibility index (Phi) is 12.7. The van der Waals surface area contributed by atoms with Crippen molar-refractivity contribution < 1.29 is 32.1 Å². The van der Waals surface area contributed by atoms with Crippen molar-refractivity contribution in [3.05, 3.63) is 174 Å². The smallest absolute Gasteiger partial charge is 0.232 e. The minimum Gasteiger partial charge on any atom is -0.374 e. The highest BCUT2D eigenvalue weighted by Crippen LogP contribution is 2.39. The van der Waals surface area contributed by atoms with Gasteiger partial charge in [0.25, 0.3) is 0 Å². The summed E-state index contributed by atoms with van der Waals surface area (Å²) in [6.07, 6.45) is -2.86. The maximum atomic E-state index is 13.8. The molecule has 254 valence electrons. The summed E-state index contributed by atoms with van der Waals surface area (Å²) in [4.78, 5) is 0.187. The Balaban J connectivity index is 1.34. The van der Waals surface area contributed by atoms with E-state index in [0.29, 0.717) is 13.2 Å². The fourth-order valence-corrected chi connectivity index (χ4v) is 8.85. The van der Waals surface area contributed by atoms with Crippen LogP contribution in [0.5, 0.6) is 0 Å². The second-order valence-corrected chi connectivity index (χ2v) is 15.6. The molecule has 0 amide bonds. The first-order valence-electron chi connectivity index (χ1n) is 16.3. The summed E-state index contributed by atoms with van der Waals surface area (Å²) in [7, 11) is -3.12. The number of hydrogen-bond acceptors (Lipinski definition) is 8. The molecular weight excluding hydrogens is 657 g/mol. The van der Waals surface area contributed by atoms with E-state index >= 15 is 0 Å². The van der Waals surface area contributed by atoms with Gasteiger partial charge in [-0.2, -0.15) is 0 Å². The molecule has 0 N–H and O–H groups in total. The molecular formula is C40H40O7S2. The minimum atomic E-state index is -3.85. The maximum absolute atomic E-state index is 13.8. The van der Waals surface area contributed by atoms with E-state index in [0.717, 1.165) is 33.0 Å². The molecule has 7 nitrogen and oxygen atoms in total. The van der Waals surface area contributed by atoms with E-state index in [9.17, 15) is 8.42 Å². The van der Waals surface area contributed by atoms with Gasteiger partial charge in [-0.15, -0.1) is 0 Å². The van der Waals surface area contributed by atoms with Crippen molar-refractivity contribution in [3.63, 3.8) is 0 Å². The van der Waals surface area contributed by atoms with Gasteiger partial charge in [-0.05, 0) is 34.4 Å². The number of benzene rings is 5. The van der Waals surface area contributed by atoms with Crippen LogP contribution in [-0.2, 0) is 59.0 Å². The van der Waals surface area contributed by atoms with Crippen molar-refractivity contribution in [2.45, 2.75) is 61.2 Å². The van der Waals surface area contributed by atoms with E-state index in [4.69, 9.17) is 23.7 Å². The lowest BCUT2D eigenvalue weighted by atomic mass is 9.98. The molecule has 1 aliphatic heterocycles. The lowest BCUT2D eigenvalue weighted by Gasteiger charge is -2.45. The third-order valence-corrected chi connectivity index (χ3v) is 11.7. The van der Waals surface area contributed by atoms with E-state index in [2.05, 4.69) is 0 Å². The third-order valence-electron chi connectivity index (χ3n) is 8.09. The number of rotatable bonds is 16. The van der Waals surface area contributed by atoms with Crippen molar-refractivity contribution in [2.24, 2.45) is 0 Å². The zero-order valence-electron chi connectivity index (χ0n) is 27.0. The third kappa shape index (κ3) is 10.1. The summed E-state index contributed by atoms with van der Waals surface area (Å²) in [6, 6.07) is 47.7. The predicted molar refractivity (Wildman–Crippen MR) is 191 cm³/mol. The molecule has 9 heteroatoms. The first-order chi connectivity index (χ1) is 24.0. The summed E-state index contributed by atoms with van der Waals surface area (Å²) in [5.74, 6) is 0. The highest BCUT2D eigenvalue weighted by molar-refractivity contribution is 8.72.